The number of carbonyl (C=O) groups excluding carboxylic acids is 2. The molecule has 0 saturated heterocycles. The highest BCUT2D eigenvalue weighted by Gasteiger charge is 2.58. The van der Waals surface area contributed by atoms with E-state index in [2.05, 4.69) is 0 Å². The van der Waals surface area contributed by atoms with Gasteiger partial charge in [-0.2, -0.15) is 30.0 Å². The second-order valence-corrected chi connectivity index (χ2v) is 20.7. The zero-order valence-corrected chi connectivity index (χ0v) is 37.8. The molecule has 0 fully saturated rings. The van der Waals surface area contributed by atoms with Crippen molar-refractivity contribution in [2.45, 2.75) is 50.5 Å². The summed E-state index contributed by atoms with van der Waals surface area (Å²) in [7, 11) is -4.65. The highest BCUT2D eigenvalue weighted by molar-refractivity contribution is 7.86. The summed E-state index contributed by atoms with van der Waals surface area (Å²) in [5.41, 5.74) is -4.68. The van der Waals surface area contributed by atoms with Crippen molar-refractivity contribution in [3.63, 3.8) is 0 Å². The first-order valence-electron chi connectivity index (χ1n) is 20.2. The molecular weight excluding hydrogens is 908 g/mol. The van der Waals surface area contributed by atoms with Crippen LogP contribution in [-0.2, 0) is 36.7 Å². The number of ether oxygens (including phenoxy) is 2. The Morgan fingerprint density at radius 1 is 0.727 bits per heavy atom. The van der Waals surface area contributed by atoms with Gasteiger partial charge < -0.3 is 23.7 Å². The van der Waals surface area contributed by atoms with Crippen molar-refractivity contribution in [3.05, 3.63) is 134 Å². The first kappa shape index (κ1) is 44.7. The first-order chi connectivity index (χ1) is 30.6. The molecule has 0 bridgehead atoms. The summed E-state index contributed by atoms with van der Waals surface area (Å²) in [5.74, 6) is -3.02. The molecule has 0 radical (unpaired) electrons. The number of hydrogen-bond donors (Lipinski definition) is 2. The van der Waals surface area contributed by atoms with Gasteiger partial charge in [0.25, 0.3) is 26.1 Å². The predicted molar refractivity (Wildman–Crippen MR) is 239 cm³/mol. The smallest absolute Gasteiger partial charge is 0.417 e. The number of fused-ring (bicyclic) bond motifs is 9. The summed E-state index contributed by atoms with van der Waals surface area (Å²) in [4.78, 5) is 46.2. The summed E-state index contributed by atoms with van der Waals surface area (Å²) >= 11 is 0. The third-order valence-corrected chi connectivity index (χ3v) is 14.3. The molecule has 1 amide bonds. The number of anilines is 3. The zero-order valence-electron chi connectivity index (χ0n) is 36.2. The predicted octanol–water partition coefficient (Wildman–Crippen LogP) is 7.66. The van der Waals surface area contributed by atoms with Crippen LogP contribution < -0.4 is 25.1 Å². The van der Waals surface area contributed by atoms with Gasteiger partial charge in [0, 0.05) is 94.2 Å². The lowest BCUT2D eigenvalue weighted by atomic mass is 9.72. The van der Waals surface area contributed by atoms with Crippen LogP contribution in [0.3, 0.4) is 0 Å². The summed E-state index contributed by atoms with van der Waals surface area (Å²) in [6.45, 7) is 7.31. The zero-order chi connectivity index (χ0) is 48.0. The standard InChI is InChI=1S/C46H40F3N3O12S2/c1-43(2)19-24(21-65(56,57)58)28-14-33-38(17-35(28)50(43)5)63-39-18-36-29(25(22-66(59,60)61)20-44(3,4)51(36)6)15-34(39)45(33)31-11-8-23(42(55)62-7)12-30(31)41(54)52(45)26-9-10-27-32(46(47,48)49)16-40(53)64-37(27)13-26/h8-20H,21-22H2,1-7H3,(H,56,57,58)(H,59,60,61). The Balaban J connectivity index is 1.46. The van der Waals surface area contributed by atoms with Crippen LogP contribution in [0.1, 0.15) is 81.8 Å². The fourth-order valence-electron chi connectivity index (χ4n) is 9.70. The average molecular weight is 948 g/mol. The number of rotatable bonds is 6. The van der Waals surface area contributed by atoms with Crippen molar-refractivity contribution in [3.8, 4) is 11.5 Å². The Labute approximate surface area is 375 Å². The van der Waals surface area contributed by atoms with Crippen LogP contribution in [0.2, 0.25) is 0 Å². The molecule has 66 heavy (non-hydrogen) atoms. The first-order valence-corrected chi connectivity index (χ1v) is 23.4. The molecule has 0 atom stereocenters. The molecule has 4 aliphatic rings. The Morgan fingerprint density at radius 3 is 1.74 bits per heavy atom. The molecule has 1 aromatic heterocycles. The Bertz CT molecular complexity index is 3270. The highest BCUT2D eigenvalue weighted by atomic mass is 32.2. The number of alkyl halides is 3. The van der Waals surface area contributed by atoms with Gasteiger partial charge >= 0.3 is 17.8 Å². The number of esters is 1. The van der Waals surface area contributed by atoms with Crippen molar-refractivity contribution >= 4 is 71.3 Å². The molecule has 5 aromatic rings. The fourth-order valence-corrected chi connectivity index (χ4v) is 11.0. The van der Waals surface area contributed by atoms with E-state index in [1.807, 2.05) is 37.5 Å². The minimum Gasteiger partial charge on any atom is -0.465 e. The number of benzene rings is 4. The lowest BCUT2D eigenvalue weighted by Crippen LogP contribution is -2.49. The van der Waals surface area contributed by atoms with Crippen LogP contribution in [-0.4, -0.2) is 81.6 Å². The molecule has 4 aliphatic heterocycles. The van der Waals surface area contributed by atoms with Crippen LogP contribution in [0.15, 0.2) is 88.1 Å². The molecule has 15 nitrogen and oxygen atoms in total. The van der Waals surface area contributed by atoms with Crippen LogP contribution >= 0.6 is 0 Å². The molecular formula is C46H40F3N3O12S2. The van der Waals surface area contributed by atoms with Crippen molar-refractivity contribution in [1.29, 1.82) is 0 Å². The number of nitrogens with zero attached hydrogens (tertiary/aromatic N) is 3. The van der Waals surface area contributed by atoms with Gasteiger partial charge in [0.2, 0.25) is 0 Å². The molecule has 0 unspecified atom stereocenters. The van der Waals surface area contributed by atoms with Gasteiger partial charge in [-0.3, -0.25) is 18.8 Å². The normalized spacial score (nSPS) is 17.9. The van der Waals surface area contributed by atoms with Crippen LogP contribution in [0.25, 0.3) is 22.1 Å². The summed E-state index contributed by atoms with van der Waals surface area (Å²) in [6, 6.07) is 14.4. The van der Waals surface area contributed by atoms with E-state index in [1.54, 1.807) is 50.5 Å². The van der Waals surface area contributed by atoms with Gasteiger partial charge in [-0.15, -0.1) is 0 Å². The van der Waals surface area contributed by atoms with Crippen molar-refractivity contribution in [1.82, 2.24) is 0 Å². The molecule has 0 aliphatic carbocycles. The second-order valence-electron chi connectivity index (χ2n) is 17.8. The van der Waals surface area contributed by atoms with E-state index in [4.69, 9.17) is 13.9 Å². The molecule has 2 N–H and O–H groups in total. The summed E-state index contributed by atoms with van der Waals surface area (Å²) < 4.78 is 131. The number of methoxy groups -OCH3 is 1. The van der Waals surface area contributed by atoms with Crippen LogP contribution in [0.5, 0.6) is 11.5 Å². The van der Waals surface area contributed by atoms with Gasteiger partial charge in [0.15, 0.2) is 0 Å². The Morgan fingerprint density at radius 2 is 1.26 bits per heavy atom. The third-order valence-electron chi connectivity index (χ3n) is 13.0. The monoisotopic (exact) mass is 947 g/mol. The number of halogens is 3. The Kier molecular flexibility index (Phi) is 9.66. The van der Waals surface area contributed by atoms with Gasteiger partial charge in [-0.1, -0.05) is 18.2 Å². The number of likely N-dealkylation sites (N-methyl/N-ethyl adjacent to an activating group) is 2. The van der Waals surface area contributed by atoms with E-state index in [-0.39, 0.29) is 67.3 Å². The molecule has 20 heteroatoms. The summed E-state index contributed by atoms with van der Waals surface area (Å²) in [5, 5.41) is -0.496. The average Bonchev–Trinajstić information content (AvgIpc) is 3.46. The van der Waals surface area contributed by atoms with Gasteiger partial charge in [-0.05, 0) is 75.2 Å². The minimum atomic E-state index is -4.98. The molecule has 4 aromatic carbocycles. The van der Waals surface area contributed by atoms with E-state index in [0.717, 1.165) is 19.2 Å². The number of carbonyl (C=O) groups is 2. The van der Waals surface area contributed by atoms with Gasteiger partial charge in [-0.25, -0.2) is 9.59 Å². The van der Waals surface area contributed by atoms with E-state index >= 15 is 4.79 Å². The van der Waals surface area contributed by atoms with E-state index in [0.29, 0.717) is 17.4 Å². The van der Waals surface area contributed by atoms with E-state index < -0.39 is 88.6 Å². The maximum absolute atomic E-state index is 15.5. The third kappa shape index (κ3) is 6.87. The Hall–Kier alpha value is -6.48. The van der Waals surface area contributed by atoms with Crippen molar-refractivity contribution in [2.24, 2.45) is 0 Å². The van der Waals surface area contributed by atoms with E-state index in [1.165, 1.54) is 29.2 Å². The molecule has 1 spiro atoms. The van der Waals surface area contributed by atoms with Crippen molar-refractivity contribution in [2.75, 3.05) is 47.4 Å². The maximum atomic E-state index is 15.5. The fraction of sp³-hybridized carbons (Fsp3) is 0.283. The van der Waals surface area contributed by atoms with Gasteiger partial charge in [0.05, 0.1) is 29.3 Å². The van der Waals surface area contributed by atoms with Gasteiger partial charge in [0.1, 0.15) is 34.1 Å². The molecule has 0 saturated carbocycles. The maximum Gasteiger partial charge on any atom is 0.417 e. The van der Waals surface area contributed by atoms with Crippen LogP contribution in [0.4, 0.5) is 30.2 Å². The number of hydrogen-bond acceptors (Lipinski definition) is 12. The lowest BCUT2D eigenvalue weighted by Gasteiger charge is -2.47. The minimum absolute atomic E-state index is 0.0474. The topological polar surface area (TPSA) is 201 Å². The molecule has 5 heterocycles. The SMILES string of the molecule is COC(=O)c1ccc2c(c1)C(=O)N(c1ccc3c(C(F)(F)F)cc(=O)oc3c1)C21c2cc3c(cc2Oc2cc4c(cc21)C(CS(=O)(=O)O)=CC(C)(C)N4C)N(C)C(C)(C)C=C3CS(=O)(=O)O. The lowest BCUT2D eigenvalue weighted by molar-refractivity contribution is -0.136. The number of amides is 1. The highest BCUT2D eigenvalue weighted by Crippen LogP contribution is 2.62. The quantitative estimate of drug-likeness (QED) is 0.0955. The summed E-state index contributed by atoms with van der Waals surface area (Å²) in [6.07, 6.45) is -1.66. The van der Waals surface area contributed by atoms with Crippen LogP contribution in [0, 0.1) is 0 Å². The second kappa shape index (κ2) is 14.3. The largest absolute Gasteiger partial charge is 0.465 e. The molecule has 9 rings (SSSR count). The van der Waals surface area contributed by atoms with E-state index in [9.17, 15) is 48.7 Å². The van der Waals surface area contributed by atoms with Crippen molar-refractivity contribution < 1.29 is 62.6 Å². The molecule has 344 valence electrons.